The lowest BCUT2D eigenvalue weighted by atomic mass is 9.94. The van der Waals surface area contributed by atoms with Crippen LogP contribution in [0.5, 0.6) is 11.8 Å². The lowest BCUT2D eigenvalue weighted by Crippen LogP contribution is -2.51. The first-order valence-electron chi connectivity index (χ1n) is 20.5. The maximum atomic E-state index is 17.1. The van der Waals surface area contributed by atoms with E-state index in [1.165, 1.54) is 24.5 Å². The van der Waals surface area contributed by atoms with Crippen molar-refractivity contribution in [3.63, 3.8) is 0 Å². The van der Waals surface area contributed by atoms with E-state index >= 15 is 4.39 Å². The van der Waals surface area contributed by atoms with Gasteiger partial charge in [-0.05, 0) is 68.7 Å². The van der Waals surface area contributed by atoms with Crippen LogP contribution >= 0.6 is 0 Å². The standard InChI is InChI=1S/C44H41F2N9O4S/c1-2-33-36(45)15-12-26-6-3-9-34(37(26)33)39-38(46)40-35(20-47-39)42(53-21-28-13-14-29(22-53)49-28)51-43(50-40)58-24-44-16-5-17-54(44)23-31(19-44)59-30-7-4-8-32(18-30)60(56,57)55-25-48-41(52-55)27-10-11-27/h1,3-4,6-9,12,15,18,20,25,27-29,31,49H,5,10-11,13-14,16-17,19,21-24H2/t28-,29+,31-,44-/m0/s1. The van der Waals surface area contributed by atoms with Crippen LogP contribution in [0.4, 0.5) is 14.6 Å². The van der Waals surface area contributed by atoms with E-state index in [4.69, 9.17) is 25.9 Å². The number of nitrogens with zero attached hydrogens (tertiary/aromatic N) is 8. The van der Waals surface area contributed by atoms with Crippen molar-refractivity contribution in [1.29, 1.82) is 0 Å². The van der Waals surface area contributed by atoms with E-state index in [0.29, 0.717) is 65.2 Å². The number of nitrogens with one attached hydrogen (secondary N) is 1. The molecule has 1 N–H and O–H groups in total. The van der Waals surface area contributed by atoms with Crippen LogP contribution in [0.3, 0.4) is 0 Å². The highest BCUT2D eigenvalue weighted by atomic mass is 32.2. The molecular formula is C44H41F2N9O4S. The van der Waals surface area contributed by atoms with E-state index in [1.54, 1.807) is 42.6 Å². The summed E-state index contributed by atoms with van der Waals surface area (Å²) < 4.78 is 73.0. The fraction of sp³-hybridized carbons (Fsp3) is 0.386. The van der Waals surface area contributed by atoms with Gasteiger partial charge in [0.2, 0.25) is 0 Å². The highest BCUT2D eigenvalue weighted by Crippen LogP contribution is 2.42. The Kier molecular flexibility index (Phi) is 8.80. The maximum Gasteiger partial charge on any atom is 0.319 e. The van der Waals surface area contributed by atoms with Gasteiger partial charge in [-0.15, -0.1) is 15.6 Å². The van der Waals surface area contributed by atoms with Gasteiger partial charge >= 0.3 is 6.01 Å². The van der Waals surface area contributed by atoms with E-state index in [1.807, 2.05) is 0 Å². The molecule has 2 bridgehead atoms. The van der Waals surface area contributed by atoms with Crippen LogP contribution in [0.2, 0.25) is 0 Å². The average molecular weight is 830 g/mol. The van der Waals surface area contributed by atoms with Gasteiger partial charge < -0.3 is 19.7 Å². The summed E-state index contributed by atoms with van der Waals surface area (Å²) in [5.74, 6) is 2.98. The smallest absolute Gasteiger partial charge is 0.319 e. The van der Waals surface area contributed by atoms with Gasteiger partial charge in [0.05, 0.1) is 21.4 Å². The summed E-state index contributed by atoms with van der Waals surface area (Å²) in [4.78, 5) is 23.1. The molecule has 0 unspecified atom stereocenters. The number of aromatic nitrogens is 6. The third kappa shape index (κ3) is 6.33. The molecule has 60 heavy (non-hydrogen) atoms. The topological polar surface area (TPSA) is 140 Å². The second kappa shape index (κ2) is 14.2. The molecule has 1 saturated carbocycles. The second-order valence-corrected chi connectivity index (χ2v) is 18.6. The molecule has 4 aliphatic heterocycles. The number of pyridine rings is 1. The molecule has 5 fully saturated rings. The van der Waals surface area contributed by atoms with Crippen molar-refractivity contribution in [2.24, 2.45) is 0 Å². The summed E-state index contributed by atoms with van der Waals surface area (Å²) in [6, 6.07) is 15.3. The fourth-order valence-corrected chi connectivity index (χ4v) is 10.9. The predicted octanol–water partition coefficient (Wildman–Crippen LogP) is 5.82. The molecule has 0 radical (unpaired) electrons. The van der Waals surface area contributed by atoms with E-state index < -0.39 is 27.2 Å². The number of hydrogen-bond acceptors (Lipinski definition) is 12. The minimum atomic E-state index is -3.95. The molecule has 13 nitrogen and oxygen atoms in total. The van der Waals surface area contributed by atoms with Gasteiger partial charge in [0, 0.05) is 67.3 Å². The third-order valence-electron chi connectivity index (χ3n) is 12.9. The third-order valence-corrected chi connectivity index (χ3v) is 14.4. The van der Waals surface area contributed by atoms with E-state index in [-0.39, 0.29) is 58.4 Å². The monoisotopic (exact) mass is 829 g/mol. The van der Waals surface area contributed by atoms with Crippen molar-refractivity contribution < 1.29 is 26.7 Å². The maximum absolute atomic E-state index is 17.1. The predicted molar refractivity (Wildman–Crippen MR) is 219 cm³/mol. The molecule has 1 aliphatic carbocycles. The number of fused-ring (bicyclic) bond motifs is 5. The van der Waals surface area contributed by atoms with E-state index in [0.717, 1.165) is 49.2 Å². The minimum absolute atomic E-state index is 0.00342. The molecule has 306 valence electrons. The molecule has 4 atom stereocenters. The lowest BCUT2D eigenvalue weighted by molar-refractivity contribution is 0.107. The Balaban J connectivity index is 0.894. The minimum Gasteiger partial charge on any atom is -0.489 e. The number of halogens is 2. The van der Waals surface area contributed by atoms with Gasteiger partial charge in [-0.2, -0.15) is 18.4 Å². The SMILES string of the molecule is C#Cc1c(F)ccc2cccc(-c3ncc4c(N5C[C@H]6CC[C@@H](C5)N6)nc(OC[C@@]56CCCN5C[C@@H](Oc5cccc(S(=O)(=O)n7cnc(C8CC8)n7)c5)C6)nc4c3F)c12. The number of ether oxygens (including phenoxy) is 2. The molecular weight excluding hydrogens is 789 g/mol. The van der Waals surface area contributed by atoms with Crippen LogP contribution in [0.1, 0.15) is 62.3 Å². The summed E-state index contributed by atoms with van der Waals surface area (Å²) in [6.45, 7) is 3.09. The van der Waals surface area contributed by atoms with Gasteiger partial charge in [0.15, 0.2) is 11.6 Å². The molecule has 0 amide bonds. The Hall–Kier alpha value is -5.76. The molecule has 4 saturated heterocycles. The fourth-order valence-electron chi connectivity index (χ4n) is 9.84. The molecule has 3 aromatic heterocycles. The Morgan fingerprint density at radius 1 is 0.983 bits per heavy atom. The summed E-state index contributed by atoms with van der Waals surface area (Å²) >= 11 is 0. The summed E-state index contributed by atoms with van der Waals surface area (Å²) in [5.41, 5.74) is 0.0627. The van der Waals surface area contributed by atoms with Crippen molar-refractivity contribution in [2.75, 3.05) is 37.7 Å². The number of hydrogen-bond donors (Lipinski definition) is 1. The van der Waals surface area contributed by atoms with Crippen molar-refractivity contribution in [3.05, 3.63) is 90.1 Å². The number of anilines is 1. The molecule has 0 spiro atoms. The number of rotatable bonds is 10. The van der Waals surface area contributed by atoms with Crippen LogP contribution in [0.15, 0.2) is 72.0 Å². The summed E-state index contributed by atoms with van der Waals surface area (Å²) in [5, 5.41) is 9.42. The molecule has 16 heteroatoms. The zero-order valence-corrected chi connectivity index (χ0v) is 33.4. The molecule has 7 heterocycles. The molecule has 3 aromatic carbocycles. The number of piperazine rings is 1. The Bertz CT molecular complexity index is 2850. The number of terminal acetylenes is 1. The van der Waals surface area contributed by atoms with Gasteiger partial charge in [0.25, 0.3) is 10.0 Å². The normalized spacial score (nSPS) is 23.9. The number of benzene rings is 3. The average Bonchev–Trinajstić information content (AvgIpc) is 3.51. The molecule has 6 aromatic rings. The van der Waals surface area contributed by atoms with Gasteiger partial charge in [0.1, 0.15) is 47.6 Å². The van der Waals surface area contributed by atoms with Crippen molar-refractivity contribution in [3.8, 4) is 35.4 Å². The van der Waals surface area contributed by atoms with Gasteiger partial charge in [-0.3, -0.25) is 9.88 Å². The first-order valence-corrected chi connectivity index (χ1v) is 22.0. The summed E-state index contributed by atoms with van der Waals surface area (Å²) in [6.07, 6.45) is 14.8. The Morgan fingerprint density at radius 2 is 1.82 bits per heavy atom. The van der Waals surface area contributed by atoms with Crippen LogP contribution in [0, 0.1) is 24.0 Å². The second-order valence-electron chi connectivity index (χ2n) is 16.8. The molecule has 5 aliphatic rings. The van der Waals surface area contributed by atoms with Crippen molar-refractivity contribution >= 4 is 37.5 Å². The lowest BCUT2D eigenvalue weighted by Gasteiger charge is -2.34. The zero-order chi connectivity index (χ0) is 40.8. The highest BCUT2D eigenvalue weighted by Gasteiger charge is 2.50. The molecule has 11 rings (SSSR count). The first kappa shape index (κ1) is 37.3. The quantitative estimate of drug-likeness (QED) is 0.167. The Labute approximate surface area is 345 Å². The van der Waals surface area contributed by atoms with Crippen LogP contribution in [-0.2, 0) is 10.0 Å². The van der Waals surface area contributed by atoms with Gasteiger partial charge in [-0.25, -0.2) is 13.8 Å². The van der Waals surface area contributed by atoms with Gasteiger partial charge in [-0.1, -0.05) is 36.3 Å². The zero-order valence-electron chi connectivity index (χ0n) is 32.6. The Morgan fingerprint density at radius 3 is 2.63 bits per heavy atom. The van der Waals surface area contributed by atoms with Crippen molar-refractivity contribution in [1.82, 2.24) is 39.3 Å². The van der Waals surface area contributed by atoms with E-state index in [9.17, 15) is 12.8 Å². The van der Waals surface area contributed by atoms with Crippen LogP contribution < -0.4 is 19.7 Å². The highest BCUT2D eigenvalue weighted by molar-refractivity contribution is 7.89. The first-order chi connectivity index (χ1) is 29.2. The van der Waals surface area contributed by atoms with Crippen LogP contribution in [0.25, 0.3) is 32.9 Å². The van der Waals surface area contributed by atoms with Crippen LogP contribution in [-0.4, -0.2) is 99.0 Å². The summed E-state index contributed by atoms with van der Waals surface area (Å²) in [7, 11) is -3.95. The van der Waals surface area contributed by atoms with E-state index in [2.05, 4.69) is 36.1 Å². The van der Waals surface area contributed by atoms with Crippen molar-refractivity contribution in [2.45, 2.75) is 79.5 Å². The largest absolute Gasteiger partial charge is 0.489 e.